The van der Waals surface area contributed by atoms with Crippen LogP contribution in [0.25, 0.3) is 0 Å². The number of aliphatic hydroxyl groups excluding tert-OH is 1. The van der Waals surface area contributed by atoms with E-state index in [-0.39, 0.29) is 53.4 Å². The van der Waals surface area contributed by atoms with E-state index in [0.29, 0.717) is 29.7 Å². The van der Waals surface area contributed by atoms with E-state index >= 15 is 0 Å². The van der Waals surface area contributed by atoms with Crippen molar-refractivity contribution in [2.75, 3.05) is 0 Å². The van der Waals surface area contributed by atoms with Crippen molar-refractivity contribution >= 4 is 17.8 Å². The Bertz CT molecular complexity index is 1180. The average molecular weight is 515 g/mol. The fourth-order valence-corrected chi connectivity index (χ4v) is 8.23. The monoisotopic (exact) mass is 514 g/mol. The molecule has 2 heterocycles. The van der Waals surface area contributed by atoms with Gasteiger partial charge in [0.2, 0.25) is 5.91 Å². The van der Waals surface area contributed by atoms with Gasteiger partial charge in [0.25, 0.3) is 5.91 Å². The van der Waals surface area contributed by atoms with E-state index in [1.165, 1.54) is 11.0 Å². The van der Waals surface area contributed by atoms with E-state index < -0.39 is 35.5 Å². The molecular weight excluding hydrogens is 476 g/mol. The zero-order chi connectivity index (χ0) is 27.1. The van der Waals surface area contributed by atoms with Gasteiger partial charge in [-0.05, 0) is 55.4 Å². The highest BCUT2D eigenvalue weighted by molar-refractivity contribution is 6.02. The first-order chi connectivity index (χ1) is 17.2. The summed E-state index contributed by atoms with van der Waals surface area (Å²) in [7, 11) is 0. The summed E-state index contributed by atoms with van der Waals surface area (Å²) in [6.45, 7) is 8.74. The van der Waals surface area contributed by atoms with Gasteiger partial charge in [0.15, 0.2) is 0 Å². The number of benzene rings is 1. The summed E-state index contributed by atoms with van der Waals surface area (Å²) in [5.74, 6) is -1.48. The number of aliphatic hydroxyl groups is 1. The lowest BCUT2D eigenvalue weighted by Crippen LogP contribution is -2.66. The van der Waals surface area contributed by atoms with E-state index in [4.69, 9.17) is 10.5 Å². The van der Waals surface area contributed by atoms with Crippen LogP contribution in [0, 0.1) is 22.7 Å². The third-order valence-electron chi connectivity index (χ3n) is 10.4. The van der Waals surface area contributed by atoms with E-state index in [9.17, 15) is 29.7 Å². The van der Waals surface area contributed by atoms with Gasteiger partial charge in [-0.3, -0.25) is 9.59 Å². The first-order valence-corrected chi connectivity index (χ1v) is 13.3. The molecule has 0 radical (unpaired) electrons. The van der Waals surface area contributed by atoms with E-state index in [0.717, 1.165) is 19.3 Å². The predicted molar refractivity (Wildman–Crippen MR) is 134 cm³/mol. The molecule has 9 nitrogen and oxygen atoms in total. The number of phenolic OH excluding ortho intramolecular Hbond substituents is 1. The highest BCUT2D eigenvalue weighted by Crippen LogP contribution is 2.67. The number of amides is 2. The number of carboxylic acid groups (broad SMARTS) is 1. The standard InChI is InChI=1S/C28H38N2O7/c1-14-5-7-20-26(2,3)21(32)9-10-27(20,4)28(14)12-16-19(31)11-15-17(23(16)37-28)13-30(24(15)34)18(25(35)36)6-8-22(29)33/h11,14,18,20-21,31-32H,5-10,12-13H2,1-4H3,(H2,29,33)(H,35,36)/t14-,18-,20+,21+,27-,28+/m0/s1. The Morgan fingerprint density at radius 2 is 1.92 bits per heavy atom. The zero-order valence-electron chi connectivity index (χ0n) is 22.0. The smallest absolute Gasteiger partial charge is 0.326 e. The molecule has 2 saturated carbocycles. The van der Waals surface area contributed by atoms with Crippen LogP contribution < -0.4 is 10.5 Å². The number of hydrogen-bond donors (Lipinski definition) is 4. The van der Waals surface area contributed by atoms with Crippen molar-refractivity contribution in [3.05, 3.63) is 22.8 Å². The largest absolute Gasteiger partial charge is 0.508 e. The summed E-state index contributed by atoms with van der Waals surface area (Å²) >= 11 is 0. The molecule has 2 aliphatic carbocycles. The van der Waals surface area contributed by atoms with Crippen LogP contribution in [0.3, 0.4) is 0 Å². The summed E-state index contributed by atoms with van der Waals surface area (Å²) in [4.78, 5) is 37.9. The van der Waals surface area contributed by atoms with Gasteiger partial charge in [-0.25, -0.2) is 4.79 Å². The number of rotatable bonds is 5. The number of hydrogen-bond acceptors (Lipinski definition) is 6. The van der Waals surface area contributed by atoms with Gasteiger partial charge in [-0.15, -0.1) is 0 Å². The molecule has 1 aromatic carbocycles. The number of carboxylic acids is 1. The maximum Gasteiger partial charge on any atom is 0.326 e. The van der Waals surface area contributed by atoms with Crippen molar-refractivity contribution in [1.82, 2.24) is 4.90 Å². The molecule has 0 saturated heterocycles. The number of phenols is 1. The normalized spacial score (nSPS) is 34.5. The SMILES string of the molecule is C[C@H]1CC[C@@H]2C(C)(C)[C@H](O)CC[C@]2(C)[C@@]12Cc1c(O)cc3c(c1O2)CN([C@@H](CCC(N)=O)C(=O)O)C3=O. The van der Waals surface area contributed by atoms with Crippen LogP contribution in [-0.4, -0.2) is 55.8 Å². The van der Waals surface area contributed by atoms with Crippen molar-refractivity contribution in [3.8, 4) is 11.5 Å². The molecule has 6 atom stereocenters. The molecular formula is C28H38N2O7. The number of primary amides is 1. The second kappa shape index (κ2) is 8.35. The van der Waals surface area contributed by atoms with Crippen LogP contribution in [0.1, 0.15) is 87.7 Å². The van der Waals surface area contributed by atoms with Crippen molar-refractivity contribution in [1.29, 1.82) is 0 Å². The average Bonchev–Trinajstić information content (AvgIpc) is 3.36. The fraction of sp³-hybridized carbons (Fsp3) is 0.679. The predicted octanol–water partition coefficient (Wildman–Crippen LogP) is 2.97. The molecule has 2 fully saturated rings. The molecule has 37 heavy (non-hydrogen) atoms. The second-order valence-corrected chi connectivity index (χ2v) is 12.5. The second-order valence-electron chi connectivity index (χ2n) is 12.5. The molecule has 2 aliphatic heterocycles. The lowest BCUT2D eigenvalue weighted by molar-refractivity contribution is -0.210. The van der Waals surface area contributed by atoms with Gasteiger partial charge >= 0.3 is 5.97 Å². The summed E-state index contributed by atoms with van der Waals surface area (Å²) in [6, 6.07) is 0.227. The lowest BCUT2D eigenvalue weighted by Gasteiger charge is -2.64. The van der Waals surface area contributed by atoms with Crippen LogP contribution in [0.5, 0.6) is 11.5 Å². The number of nitrogens with zero attached hydrogens (tertiary/aromatic N) is 1. The minimum absolute atomic E-state index is 0.0159. The summed E-state index contributed by atoms with van der Waals surface area (Å²) in [5, 5.41) is 31.8. The van der Waals surface area contributed by atoms with Crippen molar-refractivity contribution < 1.29 is 34.4 Å². The molecule has 5 N–H and O–H groups in total. The van der Waals surface area contributed by atoms with Crippen molar-refractivity contribution in [3.63, 3.8) is 0 Å². The Labute approximate surface area is 217 Å². The van der Waals surface area contributed by atoms with Gasteiger partial charge < -0.3 is 30.7 Å². The van der Waals surface area contributed by atoms with Crippen molar-refractivity contribution in [2.24, 2.45) is 28.4 Å². The summed E-state index contributed by atoms with van der Waals surface area (Å²) in [5.41, 5.74) is 5.56. The molecule has 5 rings (SSSR count). The van der Waals surface area contributed by atoms with Crippen molar-refractivity contribution in [2.45, 2.75) is 96.9 Å². The van der Waals surface area contributed by atoms with Gasteiger partial charge in [-0.2, -0.15) is 0 Å². The minimum Gasteiger partial charge on any atom is -0.508 e. The zero-order valence-corrected chi connectivity index (χ0v) is 22.0. The molecule has 0 unspecified atom stereocenters. The molecule has 1 aromatic rings. The summed E-state index contributed by atoms with van der Waals surface area (Å²) in [6.07, 6.45) is 3.24. The van der Waals surface area contributed by atoms with Gasteiger partial charge in [0, 0.05) is 29.4 Å². The fourth-order valence-electron chi connectivity index (χ4n) is 8.23. The van der Waals surface area contributed by atoms with E-state index in [1.807, 2.05) is 0 Å². The number of carbonyl (C=O) groups excluding carboxylic acids is 2. The maximum absolute atomic E-state index is 13.3. The Balaban J connectivity index is 1.55. The summed E-state index contributed by atoms with van der Waals surface area (Å²) < 4.78 is 6.97. The van der Waals surface area contributed by atoms with E-state index in [1.54, 1.807) is 0 Å². The quantitative estimate of drug-likeness (QED) is 0.472. The molecule has 4 aliphatic rings. The van der Waals surface area contributed by atoms with E-state index in [2.05, 4.69) is 27.7 Å². The number of fused-ring (bicyclic) bond motifs is 5. The minimum atomic E-state index is -1.21. The van der Waals surface area contributed by atoms with Gasteiger partial charge in [-0.1, -0.05) is 27.7 Å². The van der Waals surface area contributed by atoms with Gasteiger partial charge in [0.1, 0.15) is 23.1 Å². The van der Waals surface area contributed by atoms with Crippen LogP contribution in [0.15, 0.2) is 6.07 Å². The molecule has 0 bridgehead atoms. The van der Waals surface area contributed by atoms with Crippen LogP contribution in [0.2, 0.25) is 0 Å². The Morgan fingerprint density at radius 1 is 1.22 bits per heavy atom. The molecule has 9 heteroatoms. The number of aliphatic carboxylic acids is 1. The molecule has 1 spiro atoms. The molecule has 2 amide bonds. The molecule has 202 valence electrons. The maximum atomic E-state index is 13.3. The number of ether oxygens (including phenoxy) is 1. The first kappa shape index (κ1) is 25.8. The van der Waals surface area contributed by atoms with Crippen LogP contribution in [-0.2, 0) is 22.6 Å². The number of aromatic hydroxyl groups is 1. The van der Waals surface area contributed by atoms with Crippen LogP contribution >= 0.6 is 0 Å². The third kappa shape index (κ3) is 3.49. The third-order valence-corrected chi connectivity index (χ3v) is 10.4. The highest BCUT2D eigenvalue weighted by atomic mass is 16.5. The Kier molecular flexibility index (Phi) is 5.83. The Morgan fingerprint density at radius 3 is 2.57 bits per heavy atom. The topological polar surface area (TPSA) is 150 Å². The number of carbonyl (C=O) groups is 3. The highest BCUT2D eigenvalue weighted by Gasteiger charge is 2.67. The van der Waals surface area contributed by atoms with Crippen LogP contribution in [0.4, 0.5) is 0 Å². The Hall–Kier alpha value is -2.81. The van der Waals surface area contributed by atoms with Gasteiger partial charge in [0.05, 0.1) is 18.2 Å². The number of nitrogens with two attached hydrogens (primary N) is 1. The lowest BCUT2D eigenvalue weighted by atomic mass is 9.43. The first-order valence-electron chi connectivity index (χ1n) is 13.3. The molecule has 0 aromatic heterocycles.